The average molecular weight is 441 g/mol. The molecular formula is C21H20FN5O3S. The predicted molar refractivity (Wildman–Crippen MR) is 116 cm³/mol. The van der Waals surface area contributed by atoms with E-state index in [1.54, 1.807) is 41.8 Å². The number of benzene rings is 2. The first-order chi connectivity index (χ1) is 14.9. The van der Waals surface area contributed by atoms with E-state index in [2.05, 4.69) is 26.5 Å². The molecule has 0 aliphatic heterocycles. The monoisotopic (exact) mass is 441 g/mol. The van der Waals surface area contributed by atoms with E-state index in [0.717, 1.165) is 5.56 Å². The highest BCUT2D eigenvalue weighted by molar-refractivity contribution is 7.13. The summed E-state index contributed by atoms with van der Waals surface area (Å²) in [5.41, 5.74) is 6.42. The molecule has 0 aliphatic rings. The molecular weight excluding hydrogens is 421 g/mol. The lowest BCUT2D eigenvalue weighted by atomic mass is 10.2. The van der Waals surface area contributed by atoms with Gasteiger partial charge in [-0.1, -0.05) is 18.2 Å². The van der Waals surface area contributed by atoms with Gasteiger partial charge in [-0.2, -0.15) is 0 Å². The number of hydrazine groups is 1. The summed E-state index contributed by atoms with van der Waals surface area (Å²) < 4.78 is 13.0. The molecule has 0 saturated carbocycles. The highest BCUT2D eigenvalue weighted by Gasteiger charge is 2.17. The number of anilines is 1. The predicted octanol–water partition coefficient (Wildman–Crippen LogP) is 2.85. The second kappa shape index (κ2) is 10.3. The minimum absolute atomic E-state index is 0.0473. The first-order valence-corrected chi connectivity index (χ1v) is 10.2. The van der Waals surface area contributed by atoms with E-state index in [1.165, 1.54) is 30.4 Å². The fourth-order valence-electron chi connectivity index (χ4n) is 2.51. The van der Waals surface area contributed by atoms with E-state index in [1.807, 2.05) is 6.07 Å². The normalized spacial score (nSPS) is 11.3. The van der Waals surface area contributed by atoms with Gasteiger partial charge in [-0.05, 0) is 43.3 Å². The van der Waals surface area contributed by atoms with Crippen LogP contribution in [0, 0.1) is 5.82 Å². The van der Waals surface area contributed by atoms with E-state index in [-0.39, 0.29) is 12.2 Å². The van der Waals surface area contributed by atoms with Gasteiger partial charge in [0.05, 0.1) is 12.1 Å². The lowest BCUT2D eigenvalue weighted by molar-refractivity contribution is -0.129. The van der Waals surface area contributed by atoms with Crippen LogP contribution in [-0.2, 0) is 16.0 Å². The Hall–Kier alpha value is -3.79. The van der Waals surface area contributed by atoms with Crippen LogP contribution in [0.4, 0.5) is 14.9 Å². The second-order valence-corrected chi connectivity index (χ2v) is 7.41. The highest BCUT2D eigenvalue weighted by Crippen LogP contribution is 2.24. The van der Waals surface area contributed by atoms with Crippen molar-refractivity contribution in [1.82, 2.24) is 21.2 Å². The average Bonchev–Trinajstić information content (AvgIpc) is 3.21. The maximum absolute atomic E-state index is 13.0. The van der Waals surface area contributed by atoms with Crippen molar-refractivity contribution in [3.05, 3.63) is 71.5 Å². The summed E-state index contributed by atoms with van der Waals surface area (Å²) in [7, 11) is 0. The number of thiazole rings is 1. The van der Waals surface area contributed by atoms with Gasteiger partial charge in [0.15, 0.2) is 0 Å². The van der Waals surface area contributed by atoms with Gasteiger partial charge in [0, 0.05) is 16.6 Å². The lowest BCUT2D eigenvalue weighted by Crippen LogP contribution is -2.52. The Bertz CT molecular complexity index is 1060. The van der Waals surface area contributed by atoms with E-state index in [0.29, 0.717) is 16.4 Å². The number of aromatic nitrogens is 1. The molecule has 0 aliphatic carbocycles. The van der Waals surface area contributed by atoms with Crippen LogP contribution in [0.5, 0.6) is 0 Å². The van der Waals surface area contributed by atoms with Gasteiger partial charge in [0.2, 0.25) is 5.91 Å². The fraction of sp³-hybridized carbons (Fsp3) is 0.143. The third-order valence-electron chi connectivity index (χ3n) is 4.08. The molecule has 3 rings (SSSR count). The molecule has 0 spiro atoms. The van der Waals surface area contributed by atoms with Gasteiger partial charge in [-0.25, -0.2) is 14.2 Å². The molecule has 3 aromatic rings. The molecule has 0 fully saturated rings. The van der Waals surface area contributed by atoms with Gasteiger partial charge in [-0.15, -0.1) is 11.3 Å². The van der Waals surface area contributed by atoms with Crippen molar-refractivity contribution in [1.29, 1.82) is 0 Å². The highest BCUT2D eigenvalue weighted by atomic mass is 32.1. The summed E-state index contributed by atoms with van der Waals surface area (Å²) in [4.78, 5) is 40.5. The number of amides is 4. The number of carbonyl (C=O) groups excluding carboxylic acids is 3. The van der Waals surface area contributed by atoms with Crippen molar-refractivity contribution in [3.63, 3.8) is 0 Å². The molecule has 1 heterocycles. The Balaban J connectivity index is 1.43. The van der Waals surface area contributed by atoms with E-state index >= 15 is 0 Å². The zero-order chi connectivity index (χ0) is 22.2. The maximum Gasteiger partial charge on any atom is 0.319 e. The molecule has 1 atom stereocenters. The third kappa shape index (κ3) is 6.61. The number of rotatable bonds is 6. The van der Waals surface area contributed by atoms with E-state index < -0.39 is 23.9 Å². The standard InChI is InChI=1S/C21H20FN5O3S/c1-13(23-21(30)25-16-5-3-2-4-6-16)19(29)27-26-18(28)11-17-12-31-20(24-17)14-7-9-15(22)10-8-14/h2-10,12-13H,11H2,1H3,(H,26,28)(H,27,29)(H2,23,25,30)/t13-/m0/s1. The number of hydrogen-bond acceptors (Lipinski definition) is 5. The number of carbonyl (C=O) groups is 3. The molecule has 8 nitrogen and oxygen atoms in total. The Labute approximate surface area is 181 Å². The number of para-hydroxylation sites is 1. The van der Waals surface area contributed by atoms with Crippen molar-refractivity contribution in [2.45, 2.75) is 19.4 Å². The van der Waals surface area contributed by atoms with Crippen molar-refractivity contribution in [2.24, 2.45) is 0 Å². The second-order valence-electron chi connectivity index (χ2n) is 6.55. The minimum Gasteiger partial charge on any atom is -0.326 e. The number of nitrogens with one attached hydrogen (secondary N) is 4. The number of urea groups is 1. The van der Waals surface area contributed by atoms with E-state index in [4.69, 9.17) is 0 Å². The summed E-state index contributed by atoms with van der Waals surface area (Å²) in [6.07, 6.45) is -0.0473. The van der Waals surface area contributed by atoms with Gasteiger partial charge in [0.1, 0.15) is 16.9 Å². The zero-order valence-electron chi connectivity index (χ0n) is 16.5. The Kier molecular flexibility index (Phi) is 7.28. The van der Waals surface area contributed by atoms with Crippen LogP contribution in [0.1, 0.15) is 12.6 Å². The van der Waals surface area contributed by atoms with Crippen LogP contribution in [0.25, 0.3) is 10.6 Å². The first-order valence-electron chi connectivity index (χ1n) is 9.32. The smallest absolute Gasteiger partial charge is 0.319 e. The van der Waals surface area contributed by atoms with Gasteiger partial charge >= 0.3 is 6.03 Å². The van der Waals surface area contributed by atoms with Crippen molar-refractivity contribution in [3.8, 4) is 10.6 Å². The summed E-state index contributed by atoms with van der Waals surface area (Å²) in [6.45, 7) is 1.49. The van der Waals surface area contributed by atoms with Crippen molar-refractivity contribution < 1.29 is 18.8 Å². The summed E-state index contributed by atoms with van der Waals surface area (Å²) >= 11 is 1.33. The number of nitrogens with zero attached hydrogens (tertiary/aromatic N) is 1. The summed E-state index contributed by atoms with van der Waals surface area (Å²) in [5.74, 6) is -1.39. The molecule has 4 N–H and O–H groups in total. The van der Waals surface area contributed by atoms with Crippen LogP contribution >= 0.6 is 11.3 Å². The lowest BCUT2D eigenvalue weighted by Gasteiger charge is -2.15. The molecule has 31 heavy (non-hydrogen) atoms. The number of hydrogen-bond donors (Lipinski definition) is 4. The molecule has 160 valence electrons. The quantitative estimate of drug-likeness (QED) is 0.441. The van der Waals surface area contributed by atoms with Crippen LogP contribution in [0.3, 0.4) is 0 Å². The Morgan fingerprint density at radius 3 is 2.45 bits per heavy atom. The topological polar surface area (TPSA) is 112 Å². The van der Waals surface area contributed by atoms with Crippen LogP contribution in [-0.4, -0.2) is 28.9 Å². The van der Waals surface area contributed by atoms with Crippen molar-refractivity contribution >= 4 is 34.9 Å². The Morgan fingerprint density at radius 1 is 1.03 bits per heavy atom. The minimum atomic E-state index is -0.881. The molecule has 4 amide bonds. The first kappa shape index (κ1) is 21.9. The SMILES string of the molecule is C[C@H](NC(=O)Nc1ccccc1)C(=O)NNC(=O)Cc1csc(-c2ccc(F)cc2)n1. The van der Waals surface area contributed by atoms with Gasteiger partial charge in [0.25, 0.3) is 5.91 Å². The molecule has 10 heteroatoms. The maximum atomic E-state index is 13.0. The van der Waals surface area contributed by atoms with Crippen LogP contribution in [0.15, 0.2) is 60.0 Å². The number of halogens is 1. The molecule has 0 saturated heterocycles. The molecule has 0 bridgehead atoms. The largest absolute Gasteiger partial charge is 0.326 e. The summed E-state index contributed by atoms with van der Waals surface area (Å²) in [6, 6.07) is 13.3. The zero-order valence-corrected chi connectivity index (χ0v) is 17.3. The van der Waals surface area contributed by atoms with Gasteiger partial charge in [-0.3, -0.25) is 20.4 Å². The van der Waals surface area contributed by atoms with E-state index in [9.17, 15) is 18.8 Å². The third-order valence-corrected chi connectivity index (χ3v) is 5.02. The summed E-state index contributed by atoms with van der Waals surface area (Å²) in [5, 5.41) is 7.46. The van der Waals surface area contributed by atoms with Crippen LogP contribution < -0.4 is 21.5 Å². The molecule has 1 aromatic heterocycles. The molecule has 0 radical (unpaired) electrons. The molecule has 0 unspecified atom stereocenters. The Morgan fingerprint density at radius 2 is 1.74 bits per heavy atom. The molecule has 2 aromatic carbocycles. The van der Waals surface area contributed by atoms with Crippen LogP contribution in [0.2, 0.25) is 0 Å². The fourth-order valence-corrected chi connectivity index (χ4v) is 3.34. The van der Waals surface area contributed by atoms with Gasteiger partial charge < -0.3 is 10.6 Å². The van der Waals surface area contributed by atoms with Crippen molar-refractivity contribution in [2.75, 3.05) is 5.32 Å².